The molecule has 5 unspecified atom stereocenters. The zero-order chi connectivity index (χ0) is 71.8. The number of carbonyl (C=O) groups is 4. The van der Waals surface area contributed by atoms with Crippen molar-refractivity contribution in [2.75, 3.05) is 39.6 Å². The highest BCUT2D eigenvalue weighted by Gasteiger charge is 2.30. The summed E-state index contributed by atoms with van der Waals surface area (Å²) >= 11 is 0. The zero-order valence-electron chi connectivity index (χ0n) is 61.7. The Morgan fingerprint density at radius 2 is 0.531 bits per heavy atom. The summed E-state index contributed by atoms with van der Waals surface area (Å²) in [6.07, 6.45) is 74.0. The van der Waals surface area contributed by atoms with E-state index >= 15 is 0 Å². The van der Waals surface area contributed by atoms with Crippen molar-refractivity contribution < 1.29 is 80.2 Å². The Balaban J connectivity index is 5.29. The van der Waals surface area contributed by atoms with E-state index in [1.54, 1.807) is 0 Å². The van der Waals surface area contributed by atoms with Crippen molar-refractivity contribution in [3.8, 4) is 0 Å². The molecule has 0 saturated carbocycles. The number of unbranched alkanes of at least 4 members (excludes halogenated alkanes) is 30. The van der Waals surface area contributed by atoms with Gasteiger partial charge in [0.2, 0.25) is 0 Å². The molecule has 0 aliphatic heterocycles. The standard InChI is InChI=1S/C79H138O17P2/c1-5-9-13-17-21-25-29-31-33-35-36-38-40-42-46-48-52-56-60-64-77(82)90-70-75(96-79(84)66-62-58-54-50-44-28-24-20-16-12-8-4)72-94-98(87,88)92-68-73(80)67-91-97(85,86)93-71-74(95-78(83)65-61-57-53-49-43-27-23-19-15-11-7-3)69-89-76(81)63-59-55-51-47-45-41-39-37-34-32-30-26-22-18-14-10-6-2/h9-10,13-14,21-22,25-26,31-34,36,38-39,41,73-75,80H,5-8,11-12,15-20,23-24,27-30,35,37,40,42-72H2,1-4H3,(H,85,86)(H,87,88)/b13-9-,14-10-,25-21-,26-22-,33-31-,34-32-,38-36-,41-39-. The van der Waals surface area contributed by atoms with E-state index in [2.05, 4.69) is 125 Å². The summed E-state index contributed by atoms with van der Waals surface area (Å²) in [6.45, 7) is 4.62. The number of aliphatic hydroxyl groups excluding tert-OH is 1. The number of hydrogen-bond donors (Lipinski definition) is 3. The second-order valence-electron chi connectivity index (χ2n) is 25.5. The largest absolute Gasteiger partial charge is 0.472 e. The van der Waals surface area contributed by atoms with Gasteiger partial charge in [-0.05, 0) is 103 Å². The molecule has 566 valence electrons. The average Bonchev–Trinajstić information content (AvgIpc) is 1.03. The molecule has 5 atom stereocenters. The van der Waals surface area contributed by atoms with Crippen molar-refractivity contribution in [2.24, 2.45) is 0 Å². The number of allylic oxidation sites excluding steroid dienone is 16. The molecule has 0 bridgehead atoms. The third-order valence-electron chi connectivity index (χ3n) is 16.1. The van der Waals surface area contributed by atoms with E-state index in [0.717, 1.165) is 167 Å². The highest BCUT2D eigenvalue weighted by atomic mass is 31.2. The number of phosphoric ester groups is 2. The van der Waals surface area contributed by atoms with Crippen molar-refractivity contribution in [3.05, 3.63) is 97.2 Å². The quantitative estimate of drug-likeness (QED) is 0.0169. The van der Waals surface area contributed by atoms with Gasteiger partial charge in [0.05, 0.1) is 26.4 Å². The fourth-order valence-electron chi connectivity index (χ4n) is 10.3. The number of aliphatic hydroxyl groups is 1. The van der Waals surface area contributed by atoms with Crippen LogP contribution in [0.15, 0.2) is 97.2 Å². The van der Waals surface area contributed by atoms with Gasteiger partial charge in [-0.3, -0.25) is 37.3 Å². The first kappa shape index (κ1) is 94.0. The lowest BCUT2D eigenvalue weighted by Crippen LogP contribution is -2.30. The van der Waals surface area contributed by atoms with E-state index < -0.39 is 97.5 Å². The topological polar surface area (TPSA) is 237 Å². The zero-order valence-corrected chi connectivity index (χ0v) is 63.5. The van der Waals surface area contributed by atoms with Gasteiger partial charge in [0.15, 0.2) is 12.2 Å². The minimum absolute atomic E-state index is 0.0921. The van der Waals surface area contributed by atoms with Crippen LogP contribution in [0.3, 0.4) is 0 Å². The normalized spacial score (nSPS) is 14.5. The Hall–Kier alpha value is -4.02. The van der Waals surface area contributed by atoms with Gasteiger partial charge < -0.3 is 33.8 Å². The highest BCUT2D eigenvalue weighted by Crippen LogP contribution is 2.45. The van der Waals surface area contributed by atoms with Crippen molar-refractivity contribution in [2.45, 2.75) is 341 Å². The minimum atomic E-state index is -4.97. The lowest BCUT2D eigenvalue weighted by molar-refractivity contribution is -0.161. The maximum absolute atomic E-state index is 13.1. The molecule has 0 amide bonds. The molecule has 0 aliphatic rings. The van der Waals surface area contributed by atoms with E-state index in [-0.39, 0.29) is 25.7 Å². The van der Waals surface area contributed by atoms with E-state index in [4.69, 9.17) is 37.0 Å². The maximum atomic E-state index is 13.1. The van der Waals surface area contributed by atoms with Crippen LogP contribution in [0.25, 0.3) is 0 Å². The summed E-state index contributed by atoms with van der Waals surface area (Å²) in [7, 11) is -9.94. The number of phosphoric acid groups is 2. The lowest BCUT2D eigenvalue weighted by Gasteiger charge is -2.21. The van der Waals surface area contributed by atoms with Crippen molar-refractivity contribution in [1.82, 2.24) is 0 Å². The molecule has 0 heterocycles. The molecule has 0 aromatic heterocycles. The Morgan fingerprint density at radius 3 is 0.816 bits per heavy atom. The minimum Gasteiger partial charge on any atom is -0.462 e. The summed E-state index contributed by atoms with van der Waals surface area (Å²) in [5.74, 6) is -2.20. The SMILES string of the molecule is CC/C=C\C/C=C\C/C=C\C/C=C\CCCCCCCCC(=O)OCC(COP(=O)(O)OCC(O)COP(=O)(O)OCC(COC(=O)CCCCCC/C=C\C/C=C\C/C=C\C/C=C\CC)OC(=O)CCCCCCCCCCCCC)OC(=O)CCCCCCCCCCCCC. The lowest BCUT2D eigenvalue weighted by atomic mass is 10.1. The molecule has 0 aromatic carbocycles. The van der Waals surface area contributed by atoms with E-state index in [1.165, 1.54) is 77.0 Å². The van der Waals surface area contributed by atoms with Crippen LogP contribution in [0.4, 0.5) is 0 Å². The summed E-state index contributed by atoms with van der Waals surface area (Å²) in [5, 5.41) is 10.6. The molecule has 19 heteroatoms. The molecule has 17 nitrogen and oxygen atoms in total. The Kier molecular flexibility index (Phi) is 68.4. The summed E-state index contributed by atoms with van der Waals surface area (Å²) in [6, 6.07) is 0. The summed E-state index contributed by atoms with van der Waals surface area (Å²) < 4.78 is 68.4. The van der Waals surface area contributed by atoms with Gasteiger partial charge in [-0.2, -0.15) is 0 Å². The van der Waals surface area contributed by atoms with Gasteiger partial charge in [-0.25, -0.2) is 9.13 Å². The molecule has 98 heavy (non-hydrogen) atoms. The van der Waals surface area contributed by atoms with Crippen LogP contribution in [-0.4, -0.2) is 96.7 Å². The Labute approximate surface area is 595 Å². The Bertz CT molecular complexity index is 2240. The van der Waals surface area contributed by atoms with E-state index in [1.807, 2.05) is 0 Å². The third-order valence-corrected chi connectivity index (χ3v) is 18.0. The molecule has 3 N–H and O–H groups in total. The molecule has 0 saturated heterocycles. The number of esters is 4. The van der Waals surface area contributed by atoms with Gasteiger partial charge in [0, 0.05) is 25.7 Å². The van der Waals surface area contributed by atoms with Crippen molar-refractivity contribution in [3.63, 3.8) is 0 Å². The molecule has 0 rings (SSSR count). The molecule has 0 aromatic rings. The molecular weight excluding hydrogens is 1280 g/mol. The number of hydrogen-bond acceptors (Lipinski definition) is 15. The fraction of sp³-hybridized carbons (Fsp3) is 0.747. The van der Waals surface area contributed by atoms with Gasteiger partial charge >= 0.3 is 39.5 Å². The van der Waals surface area contributed by atoms with Crippen LogP contribution in [-0.2, 0) is 65.4 Å². The van der Waals surface area contributed by atoms with Gasteiger partial charge in [0.25, 0.3) is 0 Å². The molecule has 0 radical (unpaired) electrons. The van der Waals surface area contributed by atoms with Crippen LogP contribution in [0.2, 0.25) is 0 Å². The van der Waals surface area contributed by atoms with Crippen LogP contribution in [0.5, 0.6) is 0 Å². The van der Waals surface area contributed by atoms with Crippen LogP contribution in [0, 0.1) is 0 Å². The summed E-state index contributed by atoms with van der Waals surface area (Å²) in [5.41, 5.74) is 0. The second kappa shape index (κ2) is 71.4. The van der Waals surface area contributed by atoms with Crippen molar-refractivity contribution >= 4 is 39.5 Å². The van der Waals surface area contributed by atoms with Crippen LogP contribution >= 0.6 is 15.6 Å². The molecule has 0 fully saturated rings. The predicted octanol–water partition coefficient (Wildman–Crippen LogP) is 22.0. The number of ether oxygens (including phenoxy) is 4. The van der Waals surface area contributed by atoms with E-state index in [0.29, 0.717) is 25.7 Å². The smallest absolute Gasteiger partial charge is 0.462 e. The Morgan fingerprint density at radius 1 is 0.296 bits per heavy atom. The van der Waals surface area contributed by atoms with Crippen LogP contribution < -0.4 is 0 Å². The first-order chi connectivity index (χ1) is 47.7. The summed E-state index contributed by atoms with van der Waals surface area (Å²) in [4.78, 5) is 72.8. The molecule has 0 spiro atoms. The first-order valence-corrected chi connectivity index (χ1v) is 41.5. The second-order valence-corrected chi connectivity index (χ2v) is 28.5. The average molecular weight is 1420 g/mol. The molecular formula is C79H138O17P2. The first-order valence-electron chi connectivity index (χ1n) is 38.5. The van der Waals surface area contributed by atoms with E-state index in [9.17, 15) is 43.2 Å². The fourth-order valence-corrected chi connectivity index (χ4v) is 11.8. The third kappa shape index (κ3) is 70.4. The number of carbonyl (C=O) groups excluding carboxylic acids is 4. The van der Waals surface area contributed by atoms with Crippen molar-refractivity contribution in [1.29, 1.82) is 0 Å². The monoisotopic (exact) mass is 1420 g/mol. The van der Waals surface area contributed by atoms with Gasteiger partial charge in [0.1, 0.15) is 19.3 Å². The van der Waals surface area contributed by atoms with Gasteiger partial charge in [-0.15, -0.1) is 0 Å². The number of rotatable bonds is 72. The molecule has 0 aliphatic carbocycles. The predicted molar refractivity (Wildman–Crippen MR) is 399 cm³/mol. The van der Waals surface area contributed by atoms with Crippen LogP contribution in [0.1, 0.15) is 323 Å². The highest BCUT2D eigenvalue weighted by molar-refractivity contribution is 7.47. The maximum Gasteiger partial charge on any atom is 0.472 e. The van der Waals surface area contributed by atoms with Gasteiger partial charge in [-0.1, -0.05) is 292 Å².